The lowest BCUT2D eigenvalue weighted by Gasteiger charge is -2.12. The van der Waals surface area contributed by atoms with Crippen molar-refractivity contribution >= 4 is 45.3 Å². The first kappa shape index (κ1) is 18.8. The molecule has 0 radical (unpaired) electrons. The van der Waals surface area contributed by atoms with Crippen molar-refractivity contribution in [2.75, 3.05) is 0 Å². The molecule has 29 heavy (non-hydrogen) atoms. The predicted molar refractivity (Wildman–Crippen MR) is 112 cm³/mol. The minimum absolute atomic E-state index is 0.326. The molecule has 0 fully saturated rings. The average molecular weight is 409 g/mol. The van der Waals surface area contributed by atoms with Gasteiger partial charge in [0, 0.05) is 21.7 Å². The van der Waals surface area contributed by atoms with Gasteiger partial charge in [0.05, 0.1) is 16.4 Å². The number of carboxylic acid groups (broad SMARTS) is 1. The fourth-order valence-electron chi connectivity index (χ4n) is 3.51. The summed E-state index contributed by atoms with van der Waals surface area (Å²) >= 11 is 6.20. The molecule has 0 aliphatic heterocycles. The monoisotopic (exact) mass is 408 g/mol. The van der Waals surface area contributed by atoms with Gasteiger partial charge in [-0.15, -0.1) is 0 Å². The summed E-state index contributed by atoms with van der Waals surface area (Å²) in [5.41, 5.74) is 8.23. The van der Waals surface area contributed by atoms with Crippen LogP contribution in [-0.2, 0) is 4.79 Å². The molecule has 146 valence electrons. The van der Waals surface area contributed by atoms with E-state index in [2.05, 4.69) is 0 Å². The number of ether oxygens (including phenoxy) is 1. The molecule has 4 aromatic rings. The van der Waals surface area contributed by atoms with Gasteiger partial charge in [0.1, 0.15) is 5.75 Å². The van der Waals surface area contributed by atoms with Crippen LogP contribution in [0.15, 0.2) is 60.7 Å². The number of hydrogen-bond acceptors (Lipinski definition) is 3. The number of halogens is 1. The zero-order valence-corrected chi connectivity index (χ0v) is 16.2. The van der Waals surface area contributed by atoms with Gasteiger partial charge in [0.2, 0.25) is 5.91 Å². The van der Waals surface area contributed by atoms with Gasteiger partial charge in [-0.05, 0) is 49.4 Å². The molecule has 0 saturated heterocycles. The molecule has 6 nitrogen and oxygen atoms in total. The van der Waals surface area contributed by atoms with Gasteiger partial charge in [-0.3, -0.25) is 4.79 Å². The maximum Gasteiger partial charge on any atom is 0.344 e. The van der Waals surface area contributed by atoms with Crippen molar-refractivity contribution in [2.24, 2.45) is 5.73 Å². The zero-order chi connectivity index (χ0) is 20.7. The molecule has 3 aromatic carbocycles. The minimum Gasteiger partial charge on any atom is -0.479 e. The third-order valence-electron chi connectivity index (χ3n) is 4.76. The first-order valence-electron chi connectivity index (χ1n) is 8.90. The lowest BCUT2D eigenvalue weighted by Crippen LogP contribution is -2.22. The first-order chi connectivity index (χ1) is 13.9. The highest BCUT2D eigenvalue weighted by molar-refractivity contribution is 6.30. The number of fused-ring (bicyclic) bond motifs is 3. The van der Waals surface area contributed by atoms with Gasteiger partial charge < -0.3 is 20.1 Å². The zero-order valence-electron chi connectivity index (χ0n) is 15.4. The van der Waals surface area contributed by atoms with Gasteiger partial charge in [0.25, 0.3) is 0 Å². The molecule has 0 saturated carbocycles. The largest absolute Gasteiger partial charge is 0.479 e. The molecule has 1 unspecified atom stereocenters. The number of benzene rings is 3. The Bertz CT molecular complexity index is 1280. The Morgan fingerprint density at radius 2 is 1.69 bits per heavy atom. The number of aromatic nitrogens is 1. The molecule has 1 heterocycles. The molecule has 0 aliphatic carbocycles. The number of aliphatic carboxylic acids is 1. The van der Waals surface area contributed by atoms with Crippen LogP contribution in [0.4, 0.5) is 0 Å². The van der Waals surface area contributed by atoms with E-state index in [0.717, 1.165) is 16.7 Å². The fourth-order valence-corrected chi connectivity index (χ4v) is 3.70. The molecule has 4 rings (SSSR count). The molecule has 0 spiro atoms. The SMILES string of the molecule is CC(Oc1cccc2c1c1c(C(N)=O)cccc1n2-c1cccc(Cl)c1)C(=O)O. The van der Waals surface area contributed by atoms with E-state index >= 15 is 0 Å². The molecule has 1 amide bonds. The Hall–Kier alpha value is -3.51. The maximum absolute atomic E-state index is 12.2. The molecule has 0 aliphatic rings. The van der Waals surface area contributed by atoms with Crippen LogP contribution >= 0.6 is 11.6 Å². The number of carbonyl (C=O) groups excluding carboxylic acids is 1. The van der Waals surface area contributed by atoms with Gasteiger partial charge in [-0.25, -0.2) is 4.79 Å². The number of nitrogens with zero attached hydrogens (tertiary/aromatic N) is 1. The summed E-state index contributed by atoms with van der Waals surface area (Å²) in [5.74, 6) is -1.31. The summed E-state index contributed by atoms with van der Waals surface area (Å²) in [6.07, 6.45) is -1.06. The highest BCUT2D eigenvalue weighted by atomic mass is 35.5. The van der Waals surface area contributed by atoms with Crippen LogP contribution in [0.5, 0.6) is 5.75 Å². The van der Waals surface area contributed by atoms with Crippen LogP contribution in [0.2, 0.25) is 5.02 Å². The molecule has 7 heteroatoms. The highest BCUT2D eigenvalue weighted by Gasteiger charge is 2.22. The van der Waals surface area contributed by atoms with Crippen molar-refractivity contribution in [1.82, 2.24) is 4.57 Å². The van der Waals surface area contributed by atoms with Gasteiger partial charge in [0.15, 0.2) is 6.10 Å². The van der Waals surface area contributed by atoms with Crippen molar-refractivity contribution in [3.05, 3.63) is 71.2 Å². The third kappa shape index (κ3) is 3.17. The Morgan fingerprint density at radius 1 is 1.03 bits per heavy atom. The summed E-state index contributed by atoms with van der Waals surface area (Å²) in [6.45, 7) is 1.45. The van der Waals surface area contributed by atoms with E-state index < -0.39 is 18.0 Å². The number of carboxylic acids is 1. The molecule has 0 bridgehead atoms. The maximum atomic E-state index is 12.2. The van der Waals surface area contributed by atoms with Crippen LogP contribution in [0.3, 0.4) is 0 Å². The number of primary amides is 1. The lowest BCUT2D eigenvalue weighted by atomic mass is 10.1. The van der Waals surface area contributed by atoms with Crippen LogP contribution < -0.4 is 10.5 Å². The van der Waals surface area contributed by atoms with Crippen LogP contribution in [0.25, 0.3) is 27.5 Å². The quantitative estimate of drug-likeness (QED) is 0.512. The second-order valence-corrected chi connectivity index (χ2v) is 7.06. The Kier molecular flexibility index (Phi) is 4.64. The number of nitrogens with two attached hydrogens (primary N) is 1. The van der Waals surface area contributed by atoms with Crippen molar-refractivity contribution in [2.45, 2.75) is 13.0 Å². The van der Waals surface area contributed by atoms with Crippen molar-refractivity contribution in [3.63, 3.8) is 0 Å². The van der Waals surface area contributed by atoms with E-state index in [9.17, 15) is 14.7 Å². The van der Waals surface area contributed by atoms with Crippen LogP contribution in [0, 0.1) is 0 Å². The van der Waals surface area contributed by atoms with Gasteiger partial charge in [-0.1, -0.05) is 29.8 Å². The molecular weight excluding hydrogens is 392 g/mol. The van der Waals surface area contributed by atoms with Gasteiger partial charge in [-0.2, -0.15) is 0 Å². The minimum atomic E-state index is -1.09. The van der Waals surface area contributed by atoms with Gasteiger partial charge >= 0.3 is 5.97 Å². The van der Waals surface area contributed by atoms with E-state index in [0.29, 0.717) is 27.1 Å². The standard InChI is InChI=1S/C22H17ClN2O4/c1-12(22(27)28)29-18-10-4-9-17-20(18)19-15(21(24)26)7-3-8-16(19)25(17)14-6-2-5-13(23)11-14/h2-12H,1H3,(H2,24,26)(H,27,28). The summed E-state index contributed by atoms with van der Waals surface area (Å²) in [6, 6.07) is 17.9. The number of rotatable bonds is 5. The average Bonchev–Trinajstić information content (AvgIpc) is 3.03. The van der Waals surface area contributed by atoms with Crippen molar-refractivity contribution in [1.29, 1.82) is 0 Å². The Morgan fingerprint density at radius 3 is 2.34 bits per heavy atom. The van der Waals surface area contributed by atoms with E-state index in [1.165, 1.54) is 6.92 Å². The highest BCUT2D eigenvalue weighted by Crippen LogP contribution is 2.39. The Balaban J connectivity index is 2.15. The van der Waals surface area contributed by atoms with Crippen molar-refractivity contribution in [3.8, 4) is 11.4 Å². The summed E-state index contributed by atoms with van der Waals surface area (Å²) < 4.78 is 7.66. The predicted octanol–water partition coefficient (Wildman–Crippen LogP) is 4.39. The van der Waals surface area contributed by atoms with Crippen molar-refractivity contribution < 1.29 is 19.4 Å². The first-order valence-corrected chi connectivity index (χ1v) is 9.27. The lowest BCUT2D eigenvalue weighted by molar-refractivity contribution is -0.144. The second-order valence-electron chi connectivity index (χ2n) is 6.63. The molecule has 1 atom stereocenters. The summed E-state index contributed by atoms with van der Waals surface area (Å²) in [5, 5.41) is 11.0. The summed E-state index contributed by atoms with van der Waals surface area (Å²) in [7, 11) is 0. The second kappa shape index (κ2) is 7.14. The van der Waals surface area contributed by atoms with Crippen LogP contribution in [-0.4, -0.2) is 27.7 Å². The van der Waals surface area contributed by atoms with E-state index in [-0.39, 0.29) is 0 Å². The number of amides is 1. The third-order valence-corrected chi connectivity index (χ3v) is 5.00. The van der Waals surface area contributed by atoms with E-state index in [4.69, 9.17) is 22.1 Å². The van der Waals surface area contributed by atoms with E-state index in [1.54, 1.807) is 30.3 Å². The fraction of sp³-hybridized carbons (Fsp3) is 0.0909. The normalized spacial score (nSPS) is 12.2. The molecule has 3 N–H and O–H groups in total. The molecule has 1 aromatic heterocycles. The smallest absolute Gasteiger partial charge is 0.344 e. The number of hydrogen-bond donors (Lipinski definition) is 2. The Labute approximate surface area is 171 Å². The molecular formula is C22H17ClN2O4. The van der Waals surface area contributed by atoms with E-state index in [1.807, 2.05) is 34.9 Å². The summed E-state index contributed by atoms with van der Waals surface area (Å²) in [4.78, 5) is 23.5. The topological polar surface area (TPSA) is 94.5 Å². The number of carbonyl (C=O) groups is 2. The van der Waals surface area contributed by atoms with Crippen LogP contribution in [0.1, 0.15) is 17.3 Å².